The number of carbonyl (C=O) groups is 1. The average molecular weight is 405 g/mol. The number of alkyl halides is 2. The predicted octanol–water partition coefficient (Wildman–Crippen LogP) is 5.40. The van der Waals surface area contributed by atoms with E-state index in [1.54, 1.807) is 30.3 Å². The molecule has 0 N–H and O–H groups in total. The molecule has 2 atom stereocenters. The normalized spacial score (nSPS) is 23.2. The lowest BCUT2D eigenvalue weighted by atomic mass is 10.2. The number of rotatable bonds is 8. The first-order chi connectivity index (χ1) is 13.2. The third-order valence-corrected chi connectivity index (χ3v) is 9.22. The van der Waals surface area contributed by atoms with Crippen molar-refractivity contribution < 1.29 is 23.0 Å². The van der Waals surface area contributed by atoms with Gasteiger partial charge in [-0.1, -0.05) is 68.2 Å². The second kappa shape index (κ2) is 7.76. The molecule has 3 nitrogen and oxygen atoms in total. The summed E-state index contributed by atoms with van der Waals surface area (Å²) in [6.07, 6.45) is 0. The zero-order valence-electron chi connectivity index (χ0n) is 16.5. The van der Waals surface area contributed by atoms with Gasteiger partial charge in [0.2, 0.25) is 0 Å². The van der Waals surface area contributed by atoms with E-state index in [1.165, 1.54) is 0 Å². The largest absolute Gasteiger partial charge is 0.462 e. The van der Waals surface area contributed by atoms with Crippen LogP contribution in [0.3, 0.4) is 0 Å². The van der Waals surface area contributed by atoms with E-state index >= 15 is 0 Å². The van der Waals surface area contributed by atoms with E-state index in [4.69, 9.17) is 9.47 Å². The summed E-state index contributed by atoms with van der Waals surface area (Å²) in [5.41, 5.74) is 1.31. The summed E-state index contributed by atoms with van der Waals surface area (Å²) in [5, 5.41) is -1.30. The van der Waals surface area contributed by atoms with Crippen LogP contribution in [0.4, 0.5) is 8.78 Å². The van der Waals surface area contributed by atoms with Crippen LogP contribution in [0.2, 0.25) is 24.7 Å². The molecule has 3 rings (SSSR count). The van der Waals surface area contributed by atoms with Gasteiger partial charge < -0.3 is 9.47 Å². The van der Waals surface area contributed by atoms with E-state index in [2.05, 4.69) is 0 Å². The Balaban J connectivity index is 1.67. The Hall–Kier alpha value is -2.05. The highest BCUT2D eigenvalue weighted by atomic mass is 28.3. The zero-order chi connectivity index (χ0) is 20.4. The van der Waals surface area contributed by atoms with E-state index in [1.807, 2.05) is 50.0 Å². The molecule has 1 fully saturated rings. The van der Waals surface area contributed by atoms with Crippen molar-refractivity contribution in [2.24, 2.45) is 5.92 Å². The molecule has 0 spiro atoms. The van der Waals surface area contributed by atoms with Crippen LogP contribution in [-0.4, -0.2) is 33.2 Å². The second-order valence-electron chi connectivity index (χ2n) is 8.34. The van der Waals surface area contributed by atoms with Crippen molar-refractivity contribution in [3.05, 3.63) is 71.8 Å². The van der Waals surface area contributed by atoms with Gasteiger partial charge >= 0.3 is 5.97 Å². The molecule has 6 heteroatoms. The van der Waals surface area contributed by atoms with Crippen LogP contribution < -0.4 is 0 Å². The standard InChI is InChI=1S/C22H26F2O3Si/c1-28(2,3)21(16-27-20(25)18-12-8-5-9-13-18)19(22(21,23)24)15-26-14-17-10-6-4-7-11-17/h4-13,19H,14-16H2,1-3H3. The molecule has 2 aromatic rings. The number of esters is 1. The van der Waals surface area contributed by atoms with Crippen molar-refractivity contribution in [3.63, 3.8) is 0 Å². The summed E-state index contributed by atoms with van der Waals surface area (Å²) in [7, 11) is -2.38. The lowest BCUT2D eigenvalue weighted by molar-refractivity contribution is 0.0338. The quantitative estimate of drug-likeness (QED) is 0.436. The van der Waals surface area contributed by atoms with Gasteiger partial charge in [-0.15, -0.1) is 0 Å². The number of hydrogen-bond donors (Lipinski definition) is 0. The lowest BCUT2D eigenvalue weighted by Gasteiger charge is -2.29. The third-order valence-electron chi connectivity index (χ3n) is 5.72. The number of ether oxygens (including phenoxy) is 2. The summed E-state index contributed by atoms with van der Waals surface area (Å²) in [5.74, 6) is -4.39. The molecule has 0 saturated heterocycles. The van der Waals surface area contributed by atoms with Gasteiger partial charge in [0.05, 0.1) is 37.8 Å². The fourth-order valence-electron chi connectivity index (χ4n) is 3.92. The first kappa shape index (κ1) is 20.7. The van der Waals surface area contributed by atoms with Gasteiger partial charge in [-0.3, -0.25) is 0 Å². The monoisotopic (exact) mass is 404 g/mol. The Morgan fingerprint density at radius 1 is 1.00 bits per heavy atom. The molecule has 0 bridgehead atoms. The van der Waals surface area contributed by atoms with Gasteiger partial charge in [-0.2, -0.15) is 0 Å². The Bertz CT molecular complexity index is 806. The first-order valence-corrected chi connectivity index (χ1v) is 12.9. The maximum absolute atomic E-state index is 15.0. The van der Waals surface area contributed by atoms with Crippen LogP contribution in [0.5, 0.6) is 0 Å². The van der Waals surface area contributed by atoms with E-state index in [9.17, 15) is 13.6 Å². The van der Waals surface area contributed by atoms with Crippen molar-refractivity contribution in [1.29, 1.82) is 0 Å². The Kier molecular flexibility index (Phi) is 5.73. The van der Waals surface area contributed by atoms with E-state index in [0.717, 1.165) is 5.56 Å². The molecule has 0 amide bonds. The first-order valence-electron chi connectivity index (χ1n) is 9.42. The maximum Gasteiger partial charge on any atom is 0.338 e. The van der Waals surface area contributed by atoms with Crippen LogP contribution in [0.25, 0.3) is 0 Å². The molecule has 0 aromatic heterocycles. The summed E-state index contributed by atoms with van der Waals surface area (Å²) < 4.78 is 40.9. The number of hydrogen-bond acceptors (Lipinski definition) is 3. The molecule has 0 aliphatic heterocycles. The van der Waals surface area contributed by atoms with Crippen molar-refractivity contribution in [2.75, 3.05) is 13.2 Å². The molecule has 28 heavy (non-hydrogen) atoms. The highest BCUT2D eigenvalue weighted by Crippen LogP contribution is 2.76. The summed E-state index contributed by atoms with van der Waals surface area (Å²) in [4.78, 5) is 12.3. The minimum atomic E-state index is -2.90. The fourth-order valence-corrected chi connectivity index (χ4v) is 6.84. The Labute approximate surface area is 165 Å². The number of benzene rings is 2. The Morgan fingerprint density at radius 3 is 2.14 bits per heavy atom. The Morgan fingerprint density at radius 2 is 1.57 bits per heavy atom. The fraction of sp³-hybridized carbons (Fsp3) is 0.409. The molecule has 1 saturated carbocycles. The molecular weight excluding hydrogens is 378 g/mol. The van der Waals surface area contributed by atoms with Gasteiger partial charge in [0.1, 0.15) is 6.61 Å². The van der Waals surface area contributed by atoms with Crippen molar-refractivity contribution in [1.82, 2.24) is 0 Å². The van der Waals surface area contributed by atoms with E-state index < -0.39 is 30.9 Å². The molecule has 2 unspecified atom stereocenters. The summed E-state index contributed by atoms with van der Waals surface area (Å²) in [6.45, 7) is 5.66. The maximum atomic E-state index is 15.0. The van der Waals surface area contributed by atoms with Gasteiger partial charge in [0, 0.05) is 0 Å². The molecule has 0 radical (unpaired) electrons. The van der Waals surface area contributed by atoms with Crippen molar-refractivity contribution in [3.8, 4) is 0 Å². The third kappa shape index (κ3) is 3.76. The topological polar surface area (TPSA) is 35.5 Å². The molecular formula is C22H26F2O3Si. The summed E-state index contributed by atoms with van der Waals surface area (Å²) >= 11 is 0. The number of halogens is 2. The number of carbonyl (C=O) groups excluding carboxylic acids is 1. The van der Waals surface area contributed by atoms with Crippen molar-refractivity contribution in [2.45, 2.75) is 37.2 Å². The zero-order valence-corrected chi connectivity index (χ0v) is 17.5. The average Bonchev–Trinajstić information content (AvgIpc) is 3.16. The van der Waals surface area contributed by atoms with Crippen LogP contribution in [0, 0.1) is 5.92 Å². The van der Waals surface area contributed by atoms with Gasteiger partial charge in [0.25, 0.3) is 5.92 Å². The van der Waals surface area contributed by atoms with Crippen LogP contribution in [-0.2, 0) is 16.1 Å². The van der Waals surface area contributed by atoms with Crippen LogP contribution in [0.15, 0.2) is 60.7 Å². The minimum absolute atomic E-state index is 0.0466. The lowest BCUT2D eigenvalue weighted by Crippen LogP contribution is -2.38. The minimum Gasteiger partial charge on any atom is -0.462 e. The van der Waals surface area contributed by atoms with E-state index in [-0.39, 0.29) is 13.2 Å². The van der Waals surface area contributed by atoms with Gasteiger partial charge in [0.15, 0.2) is 0 Å². The second-order valence-corrected chi connectivity index (χ2v) is 13.7. The highest BCUT2D eigenvalue weighted by Gasteiger charge is 2.84. The molecule has 2 aromatic carbocycles. The van der Waals surface area contributed by atoms with Gasteiger partial charge in [-0.05, 0) is 17.7 Å². The highest BCUT2D eigenvalue weighted by molar-refractivity contribution is 6.80. The molecule has 150 valence electrons. The van der Waals surface area contributed by atoms with Gasteiger partial charge in [-0.25, -0.2) is 13.6 Å². The smallest absolute Gasteiger partial charge is 0.338 e. The van der Waals surface area contributed by atoms with Crippen LogP contribution >= 0.6 is 0 Å². The van der Waals surface area contributed by atoms with E-state index in [0.29, 0.717) is 12.2 Å². The van der Waals surface area contributed by atoms with Crippen LogP contribution in [0.1, 0.15) is 15.9 Å². The molecule has 1 aliphatic carbocycles. The molecule has 0 heterocycles. The predicted molar refractivity (Wildman–Crippen MR) is 107 cm³/mol. The molecule has 1 aliphatic rings. The van der Waals surface area contributed by atoms with Crippen molar-refractivity contribution >= 4 is 14.0 Å². The SMILES string of the molecule is C[Si](C)(C)C1(COC(=O)c2ccccc2)C(COCc2ccccc2)C1(F)F. The summed E-state index contributed by atoms with van der Waals surface area (Å²) in [6, 6.07) is 17.9.